The van der Waals surface area contributed by atoms with E-state index in [-0.39, 0.29) is 0 Å². The van der Waals surface area contributed by atoms with Gasteiger partial charge >= 0.3 is 5.97 Å². The fourth-order valence-corrected chi connectivity index (χ4v) is 1.41. The molecule has 0 spiro atoms. The van der Waals surface area contributed by atoms with Gasteiger partial charge in [-0.2, -0.15) is 0 Å². The largest absolute Gasteiger partial charge is 0.430 e. The van der Waals surface area contributed by atoms with Crippen LogP contribution in [-0.2, 0) is 14.3 Å². The van der Waals surface area contributed by atoms with Gasteiger partial charge < -0.3 is 19.7 Å². The fourth-order valence-electron chi connectivity index (χ4n) is 1.41. The molecule has 2 saturated heterocycles. The monoisotopic (exact) mass is 160 g/mol. The van der Waals surface area contributed by atoms with Gasteiger partial charge in [0.2, 0.25) is 11.9 Å². The van der Waals surface area contributed by atoms with Crippen LogP contribution in [0.25, 0.3) is 0 Å². The topological polar surface area (TPSA) is 76.0 Å². The zero-order chi connectivity index (χ0) is 8.22. The molecule has 0 aromatic heterocycles. The van der Waals surface area contributed by atoms with Crippen LogP contribution in [0.5, 0.6) is 0 Å². The number of ether oxygens (including phenoxy) is 2. The summed E-state index contributed by atoms with van der Waals surface area (Å²) in [5.74, 6) is -0.797. The SMILES string of the molecule is C[C@@H]1O[C@@H]2OC(=O)[C@@]1(O)[C@@H]2O. The first kappa shape index (κ1) is 7.02. The molecule has 11 heavy (non-hydrogen) atoms. The quantitative estimate of drug-likeness (QED) is 0.416. The molecule has 0 amide bonds. The first-order valence-corrected chi connectivity index (χ1v) is 3.34. The number of aliphatic hydroxyl groups is 2. The maximum atomic E-state index is 10.9. The molecular weight excluding hydrogens is 152 g/mol. The highest BCUT2D eigenvalue weighted by Gasteiger charge is 2.67. The van der Waals surface area contributed by atoms with E-state index in [1.165, 1.54) is 6.92 Å². The molecule has 62 valence electrons. The second-order valence-corrected chi connectivity index (χ2v) is 2.82. The highest BCUT2D eigenvalue weighted by molar-refractivity contribution is 5.84. The van der Waals surface area contributed by atoms with Crippen LogP contribution in [-0.4, -0.2) is 40.3 Å². The average molecular weight is 160 g/mol. The van der Waals surface area contributed by atoms with Gasteiger partial charge in [0.1, 0.15) is 6.10 Å². The van der Waals surface area contributed by atoms with Crippen LogP contribution in [0, 0.1) is 0 Å². The third kappa shape index (κ3) is 0.586. The molecule has 0 radical (unpaired) electrons. The summed E-state index contributed by atoms with van der Waals surface area (Å²) in [6.45, 7) is 1.52. The standard InChI is InChI=1S/C6H8O5/c1-2-6(9)3(7)4(10-2)11-5(6)8/h2-4,7,9H,1H3/t2-,3+,4+,6-/m0/s1. The number of carbonyl (C=O) groups is 1. The maximum Gasteiger partial charge on any atom is 0.346 e. The van der Waals surface area contributed by atoms with E-state index in [0.717, 1.165) is 0 Å². The number of rotatable bonds is 0. The summed E-state index contributed by atoms with van der Waals surface area (Å²) < 4.78 is 9.39. The third-order valence-corrected chi connectivity index (χ3v) is 2.22. The van der Waals surface area contributed by atoms with Gasteiger partial charge in [-0.15, -0.1) is 0 Å². The Hall–Kier alpha value is -0.650. The van der Waals surface area contributed by atoms with E-state index in [2.05, 4.69) is 4.74 Å². The van der Waals surface area contributed by atoms with E-state index in [9.17, 15) is 15.0 Å². The summed E-state index contributed by atoms with van der Waals surface area (Å²) in [6.07, 6.45) is -2.92. The molecule has 2 rings (SSSR count). The van der Waals surface area contributed by atoms with Gasteiger partial charge in [0.25, 0.3) is 0 Å². The van der Waals surface area contributed by atoms with E-state index >= 15 is 0 Å². The highest BCUT2D eigenvalue weighted by atomic mass is 16.8. The molecule has 0 aromatic rings. The second kappa shape index (κ2) is 1.74. The number of hydrogen-bond acceptors (Lipinski definition) is 5. The van der Waals surface area contributed by atoms with Crippen molar-refractivity contribution in [3.8, 4) is 0 Å². The third-order valence-electron chi connectivity index (χ3n) is 2.22. The van der Waals surface area contributed by atoms with Gasteiger partial charge in [0, 0.05) is 0 Å². The van der Waals surface area contributed by atoms with E-state index in [1.807, 2.05) is 0 Å². The summed E-state index contributed by atoms with van der Waals surface area (Å²) in [6, 6.07) is 0. The Bertz CT molecular complexity index is 215. The van der Waals surface area contributed by atoms with Crippen molar-refractivity contribution in [1.29, 1.82) is 0 Å². The Kier molecular flexibility index (Phi) is 1.11. The molecule has 2 N–H and O–H groups in total. The molecule has 0 saturated carbocycles. The average Bonchev–Trinajstić information content (AvgIpc) is 2.25. The van der Waals surface area contributed by atoms with Crippen LogP contribution in [0.4, 0.5) is 0 Å². The zero-order valence-corrected chi connectivity index (χ0v) is 5.85. The molecule has 2 fully saturated rings. The lowest BCUT2D eigenvalue weighted by atomic mass is 9.96. The molecule has 2 bridgehead atoms. The molecule has 0 aromatic carbocycles. The first-order valence-electron chi connectivity index (χ1n) is 3.34. The maximum absolute atomic E-state index is 10.9. The molecule has 2 aliphatic heterocycles. The summed E-state index contributed by atoms with van der Waals surface area (Å²) in [5, 5.41) is 18.7. The smallest absolute Gasteiger partial charge is 0.346 e. The van der Waals surface area contributed by atoms with Crippen LogP contribution in [0.15, 0.2) is 0 Å². The minimum absolute atomic E-state index is 0.691. The molecular formula is C6H8O5. The van der Waals surface area contributed by atoms with Crippen molar-refractivity contribution < 1.29 is 24.5 Å². The molecule has 4 atom stereocenters. The Balaban J connectivity index is 2.41. The van der Waals surface area contributed by atoms with Crippen molar-refractivity contribution in [3.63, 3.8) is 0 Å². The number of esters is 1. The number of carbonyl (C=O) groups excluding carboxylic acids is 1. The lowest BCUT2D eigenvalue weighted by Gasteiger charge is -2.23. The molecule has 5 nitrogen and oxygen atoms in total. The number of aliphatic hydroxyl groups excluding tert-OH is 1. The van der Waals surface area contributed by atoms with E-state index in [0.29, 0.717) is 0 Å². The zero-order valence-electron chi connectivity index (χ0n) is 5.85. The van der Waals surface area contributed by atoms with Gasteiger partial charge in [-0.25, -0.2) is 4.79 Å². The van der Waals surface area contributed by atoms with Crippen LogP contribution in [0.3, 0.4) is 0 Å². The Morgan fingerprint density at radius 2 is 2.27 bits per heavy atom. The minimum atomic E-state index is -1.84. The van der Waals surface area contributed by atoms with Gasteiger partial charge in [0.15, 0.2) is 6.10 Å². The Morgan fingerprint density at radius 1 is 1.64 bits per heavy atom. The normalized spacial score (nSPS) is 54.8. The van der Waals surface area contributed by atoms with Gasteiger partial charge in [0.05, 0.1) is 0 Å². The van der Waals surface area contributed by atoms with E-state index in [1.54, 1.807) is 0 Å². The molecule has 2 aliphatic rings. The van der Waals surface area contributed by atoms with Crippen LogP contribution in [0.2, 0.25) is 0 Å². The van der Waals surface area contributed by atoms with E-state index < -0.39 is 30.1 Å². The second-order valence-electron chi connectivity index (χ2n) is 2.82. The van der Waals surface area contributed by atoms with Crippen molar-refractivity contribution in [3.05, 3.63) is 0 Å². The van der Waals surface area contributed by atoms with Gasteiger partial charge in [-0.1, -0.05) is 0 Å². The fraction of sp³-hybridized carbons (Fsp3) is 0.833. The number of hydrogen-bond donors (Lipinski definition) is 2. The van der Waals surface area contributed by atoms with Crippen molar-refractivity contribution in [2.75, 3.05) is 0 Å². The predicted molar refractivity (Wildman–Crippen MR) is 31.4 cm³/mol. The van der Waals surface area contributed by atoms with Gasteiger partial charge in [-0.3, -0.25) is 0 Å². The molecule has 0 aliphatic carbocycles. The summed E-state index contributed by atoms with van der Waals surface area (Å²) in [4.78, 5) is 10.9. The molecule has 5 heteroatoms. The first-order chi connectivity index (χ1) is 5.06. The summed E-state index contributed by atoms with van der Waals surface area (Å²) in [7, 11) is 0. The lowest BCUT2D eigenvalue weighted by Crippen LogP contribution is -2.50. The Morgan fingerprint density at radius 3 is 2.55 bits per heavy atom. The predicted octanol–water partition coefficient (Wildman–Crippen LogP) is -1.62. The van der Waals surface area contributed by atoms with Crippen molar-refractivity contribution in [2.45, 2.75) is 31.0 Å². The van der Waals surface area contributed by atoms with E-state index in [4.69, 9.17) is 4.74 Å². The summed E-state index contributed by atoms with van der Waals surface area (Å²) in [5.41, 5.74) is -1.84. The minimum Gasteiger partial charge on any atom is -0.430 e. The van der Waals surface area contributed by atoms with Gasteiger partial charge in [-0.05, 0) is 6.92 Å². The summed E-state index contributed by atoms with van der Waals surface area (Å²) >= 11 is 0. The van der Waals surface area contributed by atoms with Crippen LogP contribution < -0.4 is 0 Å². The van der Waals surface area contributed by atoms with Crippen molar-refractivity contribution in [1.82, 2.24) is 0 Å². The Labute approximate surface area is 62.5 Å². The highest BCUT2D eigenvalue weighted by Crippen LogP contribution is 2.39. The van der Waals surface area contributed by atoms with Crippen LogP contribution >= 0.6 is 0 Å². The number of fused-ring (bicyclic) bond motifs is 2. The molecule has 2 heterocycles. The van der Waals surface area contributed by atoms with Crippen molar-refractivity contribution >= 4 is 5.97 Å². The molecule has 0 unspecified atom stereocenters. The van der Waals surface area contributed by atoms with Crippen LogP contribution in [0.1, 0.15) is 6.92 Å². The van der Waals surface area contributed by atoms with Crippen molar-refractivity contribution in [2.24, 2.45) is 0 Å². The lowest BCUT2D eigenvalue weighted by molar-refractivity contribution is -0.204.